The Morgan fingerprint density at radius 3 is 2.53 bits per heavy atom. The van der Waals surface area contributed by atoms with E-state index in [0.717, 1.165) is 6.33 Å². The van der Waals surface area contributed by atoms with Gasteiger partial charge in [0.2, 0.25) is 0 Å². The van der Waals surface area contributed by atoms with Crippen LogP contribution < -0.4 is 5.56 Å². The van der Waals surface area contributed by atoms with Gasteiger partial charge in [-0.3, -0.25) is 18.5 Å². The molecule has 166 valence electrons. The number of aromatic nitrogens is 4. The van der Waals surface area contributed by atoms with E-state index in [0.29, 0.717) is 0 Å². The van der Waals surface area contributed by atoms with Crippen molar-refractivity contribution in [2.24, 2.45) is 0 Å². The number of hydrogen-bond donors (Lipinski definition) is 5. The molecule has 5 N–H and O–H groups in total. The molecular weight excluding hydrogens is 450 g/mol. The molecule has 1 aliphatic heterocycles. The van der Waals surface area contributed by atoms with Gasteiger partial charge in [-0.25, -0.2) is 19.1 Å². The summed E-state index contributed by atoms with van der Waals surface area (Å²) in [5.41, 5.74) is -0.447. The Kier molecular flexibility index (Phi) is 6.41. The number of fused-ring (bicyclic) bond motifs is 1. The van der Waals surface area contributed by atoms with Gasteiger partial charge in [0.05, 0.1) is 12.9 Å². The van der Waals surface area contributed by atoms with E-state index >= 15 is 0 Å². The van der Waals surface area contributed by atoms with Crippen LogP contribution in [0.4, 0.5) is 0 Å². The lowest BCUT2D eigenvalue weighted by atomic mass is 10.1. The molecule has 3 rings (SSSR count). The third-order valence-electron chi connectivity index (χ3n) is 4.10. The smallest absolute Gasteiger partial charge is 0.387 e. The van der Waals surface area contributed by atoms with E-state index in [-0.39, 0.29) is 17.7 Å². The van der Waals surface area contributed by atoms with Crippen molar-refractivity contribution in [1.82, 2.24) is 19.1 Å². The van der Waals surface area contributed by atoms with Crippen molar-refractivity contribution in [2.45, 2.75) is 31.1 Å². The van der Waals surface area contributed by atoms with E-state index in [2.05, 4.69) is 25.4 Å². The lowest BCUT2D eigenvalue weighted by Gasteiger charge is -2.17. The highest BCUT2D eigenvalue weighted by Crippen LogP contribution is 2.57. The van der Waals surface area contributed by atoms with Crippen LogP contribution in [0.5, 0.6) is 0 Å². The summed E-state index contributed by atoms with van der Waals surface area (Å²) in [5.74, 6) is 0. The number of aliphatic hydroxyl groups is 2. The Labute approximate surface area is 167 Å². The molecule has 0 radical (unpaired) electrons. The summed E-state index contributed by atoms with van der Waals surface area (Å²) in [6.07, 6.45) is -1.98. The van der Waals surface area contributed by atoms with Crippen molar-refractivity contribution < 1.29 is 47.6 Å². The molecule has 0 aliphatic carbocycles. The summed E-state index contributed by atoms with van der Waals surface area (Å²) in [7, 11) is -10.5. The Morgan fingerprint density at radius 1 is 1.20 bits per heavy atom. The van der Waals surface area contributed by atoms with Gasteiger partial charge in [-0.05, 0) is 0 Å². The highest BCUT2D eigenvalue weighted by molar-refractivity contribution is 7.60. The number of phosphoric acid groups is 2. The number of nitrogens with zero attached hydrogens (tertiary/aromatic N) is 4. The minimum absolute atomic E-state index is 0.0285. The molecule has 1 saturated heterocycles. The van der Waals surface area contributed by atoms with Crippen LogP contribution in [0.2, 0.25) is 0 Å². The molecule has 5 atom stereocenters. The quantitative estimate of drug-likeness (QED) is 0.223. The first-order chi connectivity index (χ1) is 13.9. The monoisotopic (exact) mass is 468 g/mol. The fourth-order valence-electron chi connectivity index (χ4n) is 2.82. The third-order valence-corrected chi connectivity index (χ3v) is 6.25. The lowest BCUT2D eigenvalue weighted by Crippen LogP contribution is -2.33. The van der Waals surface area contributed by atoms with E-state index in [9.17, 15) is 29.0 Å². The number of phosphoric ester groups is 1. The summed E-state index contributed by atoms with van der Waals surface area (Å²) in [4.78, 5) is 46.9. The van der Waals surface area contributed by atoms with Crippen LogP contribution in [0.25, 0.3) is 11.2 Å². The van der Waals surface area contributed by atoms with Gasteiger partial charge in [-0.15, -0.1) is 6.58 Å². The predicted molar refractivity (Wildman–Crippen MR) is 96.8 cm³/mol. The highest BCUT2D eigenvalue weighted by atomic mass is 31.3. The van der Waals surface area contributed by atoms with Crippen molar-refractivity contribution >= 4 is 26.8 Å². The number of imidazole rings is 1. The van der Waals surface area contributed by atoms with Gasteiger partial charge in [-0.2, -0.15) is 4.31 Å². The Bertz CT molecular complexity index is 1090. The Morgan fingerprint density at radius 2 is 1.90 bits per heavy atom. The predicted octanol–water partition coefficient (Wildman–Crippen LogP) is -1.38. The Hall–Kier alpha value is -1.77. The highest BCUT2D eigenvalue weighted by Gasteiger charge is 2.46. The fourth-order valence-corrected chi connectivity index (χ4v) is 4.42. The second kappa shape index (κ2) is 8.40. The van der Waals surface area contributed by atoms with Gasteiger partial charge >= 0.3 is 15.6 Å². The van der Waals surface area contributed by atoms with Crippen LogP contribution in [0.15, 0.2) is 30.1 Å². The largest absolute Gasteiger partial charge is 0.481 e. The van der Waals surface area contributed by atoms with Gasteiger partial charge in [0.25, 0.3) is 5.56 Å². The van der Waals surface area contributed by atoms with Gasteiger partial charge in [0, 0.05) is 6.54 Å². The molecule has 0 spiro atoms. The van der Waals surface area contributed by atoms with Gasteiger partial charge in [0.1, 0.15) is 24.6 Å². The fraction of sp³-hybridized carbons (Fsp3) is 0.462. The van der Waals surface area contributed by atoms with Crippen LogP contribution in [-0.4, -0.2) is 68.9 Å². The minimum Gasteiger partial charge on any atom is -0.387 e. The standard InChI is InChI=1S/C13H18N4O11P2/c1-2-3-16-5-15-11-8(12(16)20)14-6-17(11)13-10(19)9(18)7(27-13)4-26-30(24,25)28-29(21,22)23/h2,5-7,9-10,13,18-19H,1,3-4H2,(H,24,25)(H2,21,22,23)/t7-,9-,10-,13-/m1/s1. The molecule has 30 heavy (non-hydrogen) atoms. The summed E-state index contributed by atoms with van der Waals surface area (Å²) < 4.78 is 38.1. The second-order valence-corrected chi connectivity index (χ2v) is 9.03. The Balaban J connectivity index is 1.79. The zero-order valence-corrected chi connectivity index (χ0v) is 16.8. The molecule has 1 unspecified atom stereocenters. The molecule has 17 heteroatoms. The van der Waals surface area contributed by atoms with Crippen molar-refractivity contribution in [2.75, 3.05) is 6.61 Å². The summed E-state index contributed by atoms with van der Waals surface area (Å²) in [6, 6.07) is 0. The maximum Gasteiger partial charge on any atom is 0.481 e. The van der Waals surface area contributed by atoms with E-state index in [1.807, 2.05) is 0 Å². The van der Waals surface area contributed by atoms with Gasteiger partial charge in [-0.1, -0.05) is 6.08 Å². The van der Waals surface area contributed by atoms with Crippen LogP contribution in [-0.2, 0) is 29.2 Å². The molecule has 1 fully saturated rings. The number of rotatable bonds is 8. The zero-order chi connectivity index (χ0) is 22.3. The number of aliphatic hydroxyl groups excluding tert-OH is 2. The van der Waals surface area contributed by atoms with Crippen LogP contribution in [0.1, 0.15) is 6.23 Å². The number of hydrogen-bond acceptors (Lipinski definition) is 10. The molecule has 0 saturated carbocycles. The molecule has 3 heterocycles. The summed E-state index contributed by atoms with van der Waals surface area (Å²) >= 11 is 0. The van der Waals surface area contributed by atoms with Crippen molar-refractivity contribution in [3.63, 3.8) is 0 Å². The molecule has 15 nitrogen and oxygen atoms in total. The molecular formula is C13H18N4O11P2. The average molecular weight is 468 g/mol. The summed E-state index contributed by atoms with van der Waals surface area (Å²) in [6.45, 7) is 2.88. The topological polar surface area (TPSA) is 216 Å². The van der Waals surface area contributed by atoms with E-state index in [1.54, 1.807) is 0 Å². The van der Waals surface area contributed by atoms with Crippen LogP contribution >= 0.6 is 15.6 Å². The van der Waals surface area contributed by atoms with Crippen molar-refractivity contribution in [3.05, 3.63) is 35.7 Å². The molecule has 0 amide bonds. The van der Waals surface area contributed by atoms with Crippen molar-refractivity contribution in [1.29, 1.82) is 0 Å². The molecule has 2 aromatic rings. The lowest BCUT2D eigenvalue weighted by molar-refractivity contribution is -0.0503. The van der Waals surface area contributed by atoms with Crippen molar-refractivity contribution in [3.8, 4) is 0 Å². The normalized spacial score (nSPS) is 26.7. The van der Waals surface area contributed by atoms with E-state index in [1.165, 1.54) is 21.5 Å². The second-order valence-electron chi connectivity index (χ2n) is 6.20. The average Bonchev–Trinajstić information content (AvgIpc) is 3.17. The van der Waals surface area contributed by atoms with Gasteiger partial charge < -0.3 is 29.6 Å². The summed E-state index contributed by atoms with van der Waals surface area (Å²) in [5, 5.41) is 20.4. The first-order valence-corrected chi connectivity index (χ1v) is 11.2. The van der Waals surface area contributed by atoms with E-state index in [4.69, 9.17) is 14.5 Å². The SMILES string of the molecule is C=CCn1cnc2c(ncn2[C@@H]2O[C@H](COP(=O)(O)OP(=O)(O)O)[C@@H](O)[C@H]2O)c1=O. The van der Waals surface area contributed by atoms with Crippen LogP contribution in [0.3, 0.4) is 0 Å². The maximum absolute atomic E-state index is 12.4. The molecule has 0 aromatic carbocycles. The van der Waals surface area contributed by atoms with Gasteiger partial charge in [0.15, 0.2) is 17.4 Å². The van der Waals surface area contributed by atoms with E-state index < -0.39 is 52.4 Å². The molecule has 1 aliphatic rings. The maximum atomic E-state index is 12.4. The first-order valence-electron chi connectivity index (χ1n) is 8.22. The minimum atomic E-state index is -5.32. The van der Waals surface area contributed by atoms with Crippen LogP contribution in [0, 0.1) is 0 Å². The zero-order valence-electron chi connectivity index (χ0n) is 15.0. The first kappa shape index (κ1) is 22.9. The molecule has 2 aromatic heterocycles. The number of ether oxygens (including phenoxy) is 1. The third kappa shape index (κ3) is 4.76. The number of allylic oxidation sites excluding steroid dienone is 1. The molecule has 0 bridgehead atoms.